The molecule has 1 fully saturated rings. The van der Waals surface area contributed by atoms with Gasteiger partial charge in [0.2, 0.25) is 5.91 Å². The minimum absolute atomic E-state index is 0. The minimum atomic E-state index is -2.66. The van der Waals surface area contributed by atoms with Crippen LogP contribution in [0.25, 0.3) is 0 Å². The summed E-state index contributed by atoms with van der Waals surface area (Å²) in [4.78, 5) is 17.7. The normalized spacial score (nSPS) is 16.6. The Morgan fingerprint density at radius 3 is 2.55 bits per heavy atom. The third-order valence-electron chi connectivity index (χ3n) is 3.86. The number of carbonyl (C=O) groups is 1. The SMILES string of the molecule is CN(Cc1nccn1C(F)F)C(=O)C1(N)CCCCC1.Cl.Cl. The Balaban J connectivity index is 0.00000220. The van der Waals surface area contributed by atoms with Gasteiger partial charge in [-0.05, 0) is 12.8 Å². The summed E-state index contributed by atoms with van der Waals surface area (Å²) < 4.78 is 26.2. The predicted octanol–water partition coefficient (Wildman–Crippen LogP) is 2.74. The van der Waals surface area contributed by atoms with E-state index in [1.54, 1.807) is 7.05 Å². The molecule has 1 saturated carbocycles. The van der Waals surface area contributed by atoms with Gasteiger partial charge in [-0.3, -0.25) is 9.36 Å². The molecular weight excluding hydrogens is 337 g/mol. The number of nitrogens with zero attached hydrogens (tertiary/aromatic N) is 3. The van der Waals surface area contributed by atoms with Crippen molar-refractivity contribution in [2.45, 2.75) is 50.7 Å². The summed E-state index contributed by atoms with van der Waals surface area (Å²) in [7, 11) is 1.58. The van der Waals surface area contributed by atoms with Crippen molar-refractivity contribution in [2.75, 3.05) is 7.05 Å². The highest BCUT2D eigenvalue weighted by molar-refractivity contribution is 5.86. The Kier molecular flexibility index (Phi) is 8.28. The van der Waals surface area contributed by atoms with Crippen LogP contribution in [0.2, 0.25) is 0 Å². The minimum Gasteiger partial charge on any atom is -0.337 e. The highest BCUT2D eigenvalue weighted by Crippen LogP contribution is 2.28. The van der Waals surface area contributed by atoms with E-state index in [9.17, 15) is 13.6 Å². The number of rotatable bonds is 4. The van der Waals surface area contributed by atoms with E-state index < -0.39 is 12.1 Å². The second-order valence-electron chi connectivity index (χ2n) is 5.41. The number of imidazole rings is 1. The zero-order valence-electron chi connectivity index (χ0n) is 12.4. The van der Waals surface area contributed by atoms with Crippen LogP contribution in [0, 0.1) is 0 Å². The molecule has 0 spiro atoms. The second-order valence-corrected chi connectivity index (χ2v) is 5.41. The molecule has 5 nitrogen and oxygen atoms in total. The van der Waals surface area contributed by atoms with E-state index in [4.69, 9.17) is 5.73 Å². The Morgan fingerprint density at radius 1 is 1.41 bits per heavy atom. The Bertz CT molecular complexity index is 478. The van der Waals surface area contributed by atoms with Crippen molar-refractivity contribution in [3.63, 3.8) is 0 Å². The van der Waals surface area contributed by atoms with E-state index in [0.29, 0.717) is 12.8 Å². The predicted molar refractivity (Wildman–Crippen MR) is 84.5 cm³/mol. The lowest BCUT2D eigenvalue weighted by atomic mass is 9.81. The van der Waals surface area contributed by atoms with Gasteiger partial charge in [-0.25, -0.2) is 4.98 Å². The fraction of sp³-hybridized carbons (Fsp3) is 0.692. The van der Waals surface area contributed by atoms with Crippen LogP contribution >= 0.6 is 24.8 Å². The fourth-order valence-corrected chi connectivity index (χ4v) is 2.70. The third kappa shape index (κ3) is 4.54. The van der Waals surface area contributed by atoms with Crippen LogP contribution in [0.3, 0.4) is 0 Å². The number of aromatic nitrogens is 2. The topological polar surface area (TPSA) is 64.2 Å². The lowest BCUT2D eigenvalue weighted by Crippen LogP contribution is -2.55. The fourth-order valence-electron chi connectivity index (χ4n) is 2.70. The second kappa shape index (κ2) is 8.64. The molecule has 2 rings (SSSR count). The van der Waals surface area contributed by atoms with Crippen molar-refractivity contribution in [1.29, 1.82) is 0 Å². The maximum absolute atomic E-state index is 12.7. The third-order valence-corrected chi connectivity index (χ3v) is 3.86. The van der Waals surface area contributed by atoms with Crippen molar-refractivity contribution in [3.05, 3.63) is 18.2 Å². The maximum atomic E-state index is 12.7. The van der Waals surface area contributed by atoms with Gasteiger partial charge in [0.15, 0.2) is 0 Å². The summed E-state index contributed by atoms with van der Waals surface area (Å²) in [6.07, 6.45) is 6.77. The van der Waals surface area contributed by atoms with Crippen LogP contribution < -0.4 is 5.73 Å². The van der Waals surface area contributed by atoms with Gasteiger partial charge in [0.1, 0.15) is 5.82 Å². The molecule has 1 aliphatic carbocycles. The van der Waals surface area contributed by atoms with E-state index in [-0.39, 0.29) is 43.1 Å². The van der Waals surface area contributed by atoms with Crippen molar-refractivity contribution in [1.82, 2.24) is 14.5 Å². The molecule has 0 bridgehead atoms. The first kappa shape index (κ1) is 21.1. The molecule has 1 aliphatic rings. The molecule has 9 heteroatoms. The first-order valence-corrected chi connectivity index (χ1v) is 6.78. The summed E-state index contributed by atoms with van der Waals surface area (Å²) in [5, 5.41) is 0. The van der Waals surface area contributed by atoms with Crippen molar-refractivity contribution in [2.24, 2.45) is 5.73 Å². The number of carbonyl (C=O) groups excluding carboxylic acids is 1. The molecule has 0 unspecified atom stereocenters. The zero-order chi connectivity index (χ0) is 14.8. The highest BCUT2D eigenvalue weighted by Gasteiger charge is 2.37. The Morgan fingerprint density at radius 2 is 2.00 bits per heavy atom. The van der Waals surface area contributed by atoms with Crippen LogP contribution in [0.4, 0.5) is 8.78 Å². The van der Waals surface area contributed by atoms with E-state index >= 15 is 0 Å². The quantitative estimate of drug-likeness (QED) is 0.899. The van der Waals surface area contributed by atoms with E-state index in [1.807, 2.05) is 0 Å². The Labute approximate surface area is 141 Å². The molecule has 1 amide bonds. The lowest BCUT2D eigenvalue weighted by Gasteiger charge is -2.35. The van der Waals surface area contributed by atoms with Gasteiger partial charge in [0, 0.05) is 19.4 Å². The number of hydrogen-bond acceptors (Lipinski definition) is 3. The molecule has 0 saturated heterocycles. The molecule has 2 N–H and O–H groups in total. The average molecular weight is 359 g/mol. The Hall–Kier alpha value is -0.920. The van der Waals surface area contributed by atoms with Crippen molar-refractivity contribution < 1.29 is 13.6 Å². The number of nitrogens with two attached hydrogens (primary N) is 1. The van der Waals surface area contributed by atoms with Gasteiger partial charge in [-0.1, -0.05) is 19.3 Å². The molecule has 128 valence electrons. The molecular formula is C13H22Cl2F2N4O. The van der Waals surface area contributed by atoms with E-state index in [2.05, 4.69) is 4.98 Å². The average Bonchev–Trinajstić information content (AvgIpc) is 2.87. The first-order chi connectivity index (χ1) is 9.44. The summed E-state index contributed by atoms with van der Waals surface area (Å²) in [5.74, 6) is -0.0312. The molecule has 1 heterocycles. The number of amides is 1. The van der Waals surface area contributed by atoms with Crippen LogP contribution in [0.1, 0.15) is 44.5 Å². The lowest BCUT2D eigenvalue weighted by molar-refractivity contribution is -0.137. The molecule has 1 aromatic rings. The molecule has 1 aromatic heterocycles. The monoisotopic (exact) mass is 358 g/mol. The molecule has 0 atom stereocenters. The van der Waals surface area contributed by atoms with E-state index in [1.165, 1.54) is 17.3 Å². The van der Waals surface area contributed by atoms with Crippen LogP contribution in [-0.4, -0.2) is 32.9 Å². The standard InChI is InChI=1S/C13H20F2N4O.2ClH/c1-18(9-10-17-7-8-19(10)12(14)15)11(20)13(16)5-3-2-4-6-13;;/h7-8,12H,2-6,9,16H2,1H3;2*1H. The summed E-state index contributed by atoms with van der Waals surface area (Å²) in [6.45, 7) is -2.62. The summed E-state index contributed by atoms with van der Waals surface area (Å²) in [5.41, 5.74) is 5.31. The van der Waals surface area contributed by atoms with Crippen LogP contribution in [0.5, 0.6) is 0 Å². The van der Waals surface area contributed by atoms with Gasteiger partial charge in [0.25, 0.3) is 0 Å². The van der Waals surface area contributed by atoms with E-state index in [0.717, 1.165) is 23.8 Å². The summed E-state index contributed by atoms with van der Waals surface area (Å²) in [6, 6.07) is 0. The number of halogens is 4. The molecule has 22 heavy (non-hydrogen) atoms. The van der Waals surface area contributed by atoms with Gasteiger partial charge < -0.3 is 10.6 Å². The molecule has 0 aliphatic heterocycles. The highest BCUT2D eigenvalue weighted by atomic mass is 35.5. The molecule has 0 radical (unpaired) electrons. The van der Waals surface area contributed by atoms with Crippen LogP contribution in [0.15, 0.2) is 12.4 Å². The largest absolute Gasteiger partial charge is 0.337 e. The summed E-state index contributed by atoms with van der Waals surface area (Å²) >= 11 is 0. The number of hydrogen-bond donors (Lipinski definition) is 1. The first-order valence-electron chi connectivity index (χ1n) is 6.78. The van der Waals surface area contributed by atoms with Crippen LogP contribution in [-0.2, 0) is 11.3 Å². The van der Waals surface area contributed by atoms with Crippen molar-refractivity contribution in [3.8, 4) is 0 Å². The number of likely N-dealkylation sites (N-methyl/N-ethyl adjacent to an activating group) is 1. The van der Waals surface area contributed by atoms with Gasteiger partial charge in [0.05, 0.1) is 12.1 Å². The van der Waals surface area contributed by atoms with Gasteiger partial charge in [-0.2, -0.15) is 8.78 Å². The number of alkyl halides is 2. The maximum Gasteiger partial charge on any atom is 0.319 e. The van der Waals surface area contributed by atoms with Crippen molar-refractivity contribution >= 4 is 30.7 Å². The van der Waals surface area contributed by atoms with Gasteiger partial charge >= 0.3 is 6.55 Å². The van der Waals surface area contributed by atoms with Gasteiger partial charge in [-0.15, -0.1) is 24.8 Å². The molecule has 0 aromatic carbocycles. The smallest absolute Gasteiger partial charge is 0.319 e. The zero-order valence-corrected chi connectivity index (χ0v) is 14.0.